The molecule has 5 rings (SSSR count). The lowest BCUT2D eigenvalue weighted by Crippen LogP contribution is -2.14. The normalized spacial score (nSPS) is 11.1. The Labute approximate surface area is 178 Å². The molecule has 0 saturated carbocycles. The molecule has 1 amide bonds. The number of nitrogens with zero attached hydrogens (tertiary/aromatic N) is 1. The molecule has 0 unspecified atom stereocenters. The SMILES string of the molecule is O=C(Cc1ccccc1)Nc1ccc2oc(-c3cccc4c(Cl)cccc34)nc2c1. The molecule has 0 spiro atoms. The Hall–Kier alpha value is -3.63. The number of amides is 1. The van der Waals surface area contributed by atoms with Crippen LogP contribution in [0.1, 0.15) is 5.56 Å². The summed E-state index contributed by atoms with van der Waals surface area (Å²) in [7, 11) is 0. The van der Waals surface area contributed by atoms with Crippen molar-refractivity contribution in [1.82, 2.24) is 4.98 Å². The average Bonchev–Trinajstić information content (AvgIpc) is 3.17. The van der Waals surface area contributed by atoms with Gasteiger partial charge in [0.1, 0.15) is 5.52 Å². The fraction of sp³-hybridized carbons (Fsp3) is 0.0400. The molecule has 4 aromatic carbocycles. The van der Waals surface area contributed by atoms with Gasteiger partial charge in [0.05, 0.1) is 6.42 Å². The quantitative estimate of drug-likeness (QED) is 0.367. The number of halogens is 1. The van der Waals surface area contributed by atoms with Crippen LogP contribution < -0.4 is 5.32 Å². The van der Waals surface area contributed by atoms with Crippen LogP contribution in [0, 0.1) is 0 Å². The van der Waals surface area contributed by atoms with Gasteiger partial charge in [0, 0.05) is 21.7 Å². The van der Waals surface area contributed by atoms with Crippen molar-refractivity contribution in [3.8, 4) is 11.5 Å². The highest BCUT2D eigenvalue weighted by Crippen LogP contribution is 2.33. The average molecular weight is 413 g/mol. The van der Waals surface area contributed by atoms with Gasteiger partial charge in [-0.25, -0.2) is 4.98 Å². The Morgan fingerprint density at radius 2 is 1.70 bits per heavy atom. The lowest BCUT2D eigenvalue weighted by atomic mass is 10.0. The largest absolute Gasteiger partial charge is 0.436 e. The summed E-state index contributed by atoms with van der Waals surface area (Å²) in [4.78, 5) is 17.0. The number of aromatic nitrogens is 1. The van der Waals surface area contributed by atoms with Crippen molar-refractivity contribution < 1.29 is 9.21 Å². The second-order valence-electron chi connectivity index (χ2n) is 7.05. The van der Waals surface area contributed by atoms with Crippen molar-refractivity contribution in [1.29, 1.82) is 0 Å². The van der Waals surface area contributed by atoms with E-state index in [1.807, 2.05) is 84.9 Å². The smallest absolute Gasteiger partial charge is 0.228 e. The third-order valence-corrected chi connectivity index (χ3v) is 5.31. The van der Waals surface area contributed by atoms with Crippen molar-refractivity contribution in [3.05, 3.63) is 95.5 Å². The van der Waals surface area contributed by atoms with Crippen LogP contribution in [0.25, 0.3) is 33.3 Å². The third kappa shape index (κ3) is 3.53. The number of fused-ring (bicyclic) bond motifs is 2. The molecule has 0 aliphatic rings. The van der Waals surface area contributed by atoms with Crippen LogP contribution >= 0.6 is 11.6 Å². The molecule has 0 aliphatic heterocycles. The minimum atomic E-state index is -0.0760. The minimum Gasteiger partial charge on any atom is -0.436 e. The molecule has 4 nitrogen and oxygen atoms in total. The Balaban J connectivity index is 1.45. The molecule has 1 N–H and O–H groups in total. The lowest BCUT2D eigenvalue weighted by Gasteiger charge is -2.04. The molecule has 146 valence electrons. The van der Waals surface area contributed by atoms with Crippen LogP contribution in [-0.2, 0) is 11.2 Å². The summed E-state index contributed by atoms with van der Waals surface area (Å²) in [5.41, 5.74) is 3.87. The van der Waals surface area contributed by atoms with Crippen LogP contribution in [-0.4, -0.2) is 10.9 Å². The van der Waals surface area contributed by atoms with Crippen LogP contribution in [0.4, 0.5) is 5.69 Å². The van der Waals surface area contributed by atoms with Crippen LogP contribution in [0.2, 0.25) is 5.02 Å². The number of carbonyl (C=O) groups excluding carboxylic acids is 1. The molecular weight excluding hydrogens is 396 g/mol. The fourth-order valence-electron chi connectivity index (χ4n) is 3.56. The molecule has 30 heavy (non-hydrogen) atoms. The van der Waals surface area contributed by atoms with Gasteiger partial charge in [0.2, 0.25) is 11.8 Å². The summed E-state index contributed by atoms with van der Waals surface area (Å²) in [5.74, 6) is 0.443. The molecule has 0 radical (unpaired) electrons. The predicted molar refractivity (Wildman–Crippen MR) is 121 cm³/mol. The maximum Gasteiger partial charge on any atom is 0.228 e. The van der Waals surface area contributed by atoms with Crippen molar-refractivity contribution in [2.75, 3.05) is 5.32 Å². The predicted octanol–water partition coefficient (Wildman–Crippen LogP) is 6.48. The first-order chi connectivity index (χ1) is 14.7. The van der Waals surface area contributed by atoms with Crippen LogP contribution in [0.15, 0.2) is 89.3 Å². The number of carbonyl (C=O) groups is 1. The molecule has 0 saturated heterocycles. The van der Waals surface area contributed by atoms with Gasteiger partial charge < -0.3 is 9.73 Å². The van der Waals surface area contributed by atoms with Crippen molar-refractivity contribution in [2.45, 2.75) is 6.42 Å². The lowest BCUT2D eigenvalue weighted by molar-refractivity contribution is -0.115. The molecule has 5 heteroatoms. The van der Waals surface area contributed by atoms with E-state index in [4.69, 9.17) is 16.0 Å². The highest BCUT2D eigenvalue weighted by molar-refractivity contribution is 6.35. The third-order valence-electron chi connectivity index (χ3n) is 4.98. The Kier molecular flexibility index (Phi) is 4.69. The van der Waals surface area contributed by atoms with E-state index in [2.05, 4.69) is 10.3 Å². The zero-order valence-corrected chi connectivity index (χ0v) is 16.7. The number of anilines is 1. The van der Waals surface area contributed by atoms with E-state index >= 15 is 0 Å². The second-order valence-corrected chi connectivity index (χ2v) is 7.46. The van der Waals surface area contributed by atoms with Gasteiger partial charge in [-0.1, -0.05) is 66.2 Å². The molecule has 0 atom stereocenters. The summed E-state index contributed by atoms with van der Waals surface area (Å²) in [5, 5.41) is 5.55. The van der Waals surface area contributed by atoms with Gasteiger partial charge in [0.25, 0.3) is 0 Å². The van der Waals surface area contributed by atoms with Gasteiger partial charge in [-0.05, 0) is 41.3 Å². The highest BCUT2D eigenvalue weighted by Gasteiger charge is 2.13. The molecule has 0 bridgehead atoms. The van der Waals surface area contributed by atoms with E-state index in [1.165, 1.54) is 0 Å². The van der Waals surface area contributed by atoms with E-state index in [-0.39, 0.29) is 5.91 Å². The zero-order valence-electron chi connectivity index (χ0n) is 15.9. The van der Waals surface area contributed by atoms with Gasteiger partial charge in [-0.3, -0.25) is 4.79 Å². The number of oxazole rings is 1. The van der Waals surface area contributed by atoms with Gasteiger partial charge in [-0.2, -0.15) is 0 Å². The van der Waals surface area contributed by atoms with Gasteiger partial charge in [0.15, 0.2) is 5.58 Å². The summed E-state index contributed by atoms with van der Waals surface area (Å²) in [6.45, 7) is 0. The number of hydrogen-bond acceptors (Lipinski definition) is 3. The minimum absolute atomic E-state index is 0.0760. The second kappa shape index (κ2) is 7.65. The molecule has 1 aromatic heterocycles. The van der Waals surface area contributed by atoms with E-state index in [0.29, 0.717) is 34.1 Å². The summed E-state index contributed by atoms with van der Waals surface area (Å²) >= 11 is 6.33. The van der Waals surface area contributed by atoms with Crippen molar-refractivity contribution in [3.63, 3.8) is 0 Å². The maximum atomic E-state index is 12.4. The van der Waals surface area contributed by atoms with Crippen LogP contribution in [0.5, 0.6) is 0 Å². The number of benzene rings is 4. The Morgan fingerprint density at radius 1 is 0.900 bits per heavy atom. The Bertz CT molecular complexity index is 1380. The maximum absolute atomic E-state index is 12.4. The van der Waals surface area contributed by atoms with Gasteiger partial charge in [-0.15, -0.1) is 0 Å². The van der Waals surface area contributed by atoms with E-state index in [1.54, 1.807) is 0 Å². The molecule has 1 heterocycles. The number of hydrogen-bond donors (Lipinski definition) is 1. The molecule has 0 fully saturated rings. The summed E-state index contributed by atoms with van der Waals surface area (Å²) in [6.07, 6.45) is 0.319. The Morgan fingerprint density at radius 3 is 2.57 bits per heavy atom. The first-order valence-electron chi connectivity index (χ1n) is 9.59. The van der Waals surface area contributed by atoms with Crippen LogP contribution in [0.3, 0.4) is 0 Å². The van der Waals surface area contributed by atoms with E-state index < -0.39 is 0 Å². The van der Waals surface area contributed by atoms with Crippen molar-refractivity contribution >= 4 is 45.1 Å². The highest BCUT2D eigenvalue weighted by atomic mass is 35.5. The number of nitrogens with one attached hydrogen (secondary N) is 1. The topological polar surface area (TPSA) is 55.1 Å². The number of rotatable bonds is 4. The first kappa shape index (κ1) is 18.4. The van der Waals surface area contributed by atoms with E-state index in [0.717, 1.165) is 21.9 Å². The van der Waals surface area contributed by atoms with Crippen molar-refractivity contribution in [2.24, 2.45) is 0 Å². The fourth-order valence-corrected chi connectivity index (χ4v) is 3.80. The summed E-state index contributed by atoms with van der Waals surface area (Å²) in [6, 6.07) is 26.8. The monoisotopic (exact) mass is 412 g/mol. The summed E-state index contributed by atoms with van der Waals surface area (Å²) < 4.78 is 5.99. The molecule has 5 aromatic rings. The molecule has 0 aliphatic carbocycles. The standard InChI is InChI=1S/C25H17ClN2O2/c26-21-11-5-8-18-19(21)9-4-10-20(18)25-28-22-15-17(12-13-23(22)30-25)27-24(29)14-16-6-2-1-3-7-16/h1-13,15H,14H2,(H,27,29). The van der Waals surface area contributed by atoms with Gasteiger partial charge >= 0.3 is 0 Å². The molecular formula is C25H17ClN2O2. The zero-order chi connectivity index (χ0) is 20.5. The van der Waals surface area contributed by atoms with E-state index in [9.17, 15) is 4.79 Å². The first-order valence-corrected chi connectivity index (χ1v) is 9.97.